The zero-order valence-corrected chi connectivity index (χ0v) is 7.90. The third kappa shape index (κ3) is 1.81. The first-order valence-corrected chi connectivity index (χ1v) is 4.98. The molecule has 0 aromatic carbocycles. The Morgan fingerprint density at radius 2 is 2.00 bits per heavy atom. The molecule has 2 aliphatic rings. The van der Waals surface area contributed by atoms with Gasteiger partial charge in [0, 0.05) is 12.6 Å². The molecule has 2 amide bonds. The molecule has 0 aromatic heterocycles. The van der Waals surface area contributed by atoms with Crippen LogP contribution >= 0.6 is 0 Å². The Labute approximate surface area is 82.1 Å². The molecule has 1 heterocycles. The number of rotatable bonds is 2. The van der Waals surface area contributed by atoms with Crippen molar-refractivity contribution in [1.82, 2.24) is 10.2 Å². The van der Waals surface area contributed by atoms with Crippen molar-refractivity contribution in [2.75, 3.05) is 6.54 Å². The van der Waals surface area contributed by atoms with Crippen molar-refractivity contribution < 1.29 is 14.7 Å². The van der Waals surface area contributed by atoms with E-state index in [-0.39, 0.29) is 12.1 Å². The SMILES string of the molecule is O=C(O)[C@@H]1CCCN1C(=O)NC1CC1. The number of hydrogen-bond donors (Lipinski definition) is 2. The lowest BCUT2D eigenvalue weighted by molar-refractivity contribution is -0.141. The summed E-state index contributed by atoms with van der Waals surface area (Å²) in [6.07, 6.45) is 3.41. The van der Waals surface area contributed by atoms with E-state index in [4.69, 9.17) is 5.11 Å². The lowest BCUT2D eigenvalue weighted by Crippen LogP contribution is -2.46. The highest BCUT2D eigenvalue weighted by atomic mass is 16.4. The fourth-order valence-electron chi connectivity index (χ4n) is 1.75. The minimum Gasteiger partial charge on any atom is -0.480 e. The summed E-state index contributed by atoms with van der Waals surface area (Å²) in [5.41, 5.74) is 0. The van der Waals surface area contributed by atoms with Crippen LogP contribution in [0.5, 0.6) is 0 Å². The van der Waals surface area contributed by atoms with E-state index in [1.807, 2.05) is 0 Å². The van der Waals surface area contributed by atoms with Gasteiger partial charge in [-0.2, -0.15) is 0 Å². The first-order chi connectivity index (χ1) is 6.68. The number of nitrogens with zero attached hydrogens (tertiary/aromatic N) is 1. The smallest absolute Gasteiger partial charge is 0.326 e. The van der Waals surface area contributed by atoms with Crippen LogP contribution < -0.4 is 5.32 Å². The number of aliphatic carboxylic acids is 1. The van der Waals surface area contributed by atoms with Gasteiger partial charge in [0.2, 0.25) is 0 Å². The zero-order chi connectivity index (χ0) is 10.1. The van der Waals surface area contributed by atoms with E-state index >= 15 is 0 Å². The molecule has 5 heteroatoms. The second kappa shape index (κ2) is 3.48. The molecule has 0 aromatic rings. The van der Waals surface area contributed by atoms with Gasteiger partial charge < -0.3 is 15.3 Å². The summed E-state index contributed by atoms with van der Waals surface area (Å²) >= 11 is 0. The largest absolute Gasteiger partial charge is 0.480 e. The van der Waals surface area contributed by atoms with Gasteiger partial charge in [0.15, 0.2) is 0 Å². The van der Waals surface area contributed by atoms with Crippen molar-refractivity contribution in [2.45, 2.75) is 37.8 Å². The zero-order valence-electron chi connectivity index (χ0n) is 7.90. The van der Waals surface area contributed by atoms with Gasteiger partial charge in [-0.25, -0.2) is 9.59 Å². The Morgan fingerprint density at radius 1 is 1.29 bits per heavy atom. The van der Waals surface area contributed by atoms with Crippen LogP contribution in [0, 0.1) is 0 Å². The van der Waals surface area contributed by atoms with E-state index in [2.05, 4.69) is 5.32 Å². The first-order valence-electron chi connectivity index (χ1n) is 4.98. The fraction of sp³-hybridized carbons (Fsp3) is 0.778. The molecule has 78 valence electrons. The molecule has 0 bridgehead atoms. The molecular formula is C9H14N2O3. The predicted octanol–water partition coefficient (Wildman–Crippen LogP) is 0.407. The molecular weight excluding hydrogens is 184 g/mol. The van der Waals surface area contributed by atoms with Crippen LogP contribution in [0.4, 0.5) is 4.79 Å². The highest BCUT2D eigenvalue weighted by molar-refractivity contribution is 5.83. The van der Waals surface area contributed by atoms with Crippen LogP contribution in [0.2, 0.25) is 0 Å². The van der Waals surface area contributed by atoms with Crippen LogP contribution in [0.1, 0.15) is 25.7 Å². The van der Waals surface area contributed by atoms with E-state index in [9.17, 15) is 9.59 Å². The van der Waals surface area contributed by atoms with Crippen LogP contribution in [-0.2, 0) is 4.79 Å². The molecule has 5 nitrogen and oxygen atoms in total. The predicted molar refractivity (Wildman–Crippen MR) is 48.9 cm³/mol. The summed E-state index contributed by atoms with van der Waals surface area (Å²) in [6.45, 7) is 0.565. The lowest BCUT2D eigenvalue weighted by atomic mass is 10.2. The quantitative estimate of drug-likeness (QED) is 0.675. The molecule has 14 heavy (non-hydrogen) atoms. The normalized spacial score (nSPS) is 26.3. The van der Waals surface area contributed by atoms with E-state index in [0.29, 0.717) is 13.0 Å². The molecule has 1 aliphatic heterocycles. The number of urea groups is 1. The summed E-state index contributed by atoms with van der Waals surface area (Å²) in [4.78, 5) is 23.8. The van der Waals surface area contributed by atoms with E-state index in [0.717, 1.165) is 19.3 Å². The third-order valence-electron chi connectivity index (χ3n) is 2.70. The van der Waals surface area contributed by atoms with Gasteiger partial charge in [0.25, 0.3) is 0 Å². The number of amides is 2. The molecule has 1 aliphatic carbocycles. The third-order valence-corrected chi connectivity index (χ3v) is 2.70. The number of carbonyl (C=O) groups is 2. The van der Waals surface area contributed by atoms with Gasteiger partial charge in [0.1, 0.15) is 6.04 Å². The fourth-order valence-corrected chi connectivity index (χ4v) is 1.75. The van der Waals surface area contributed by atoms with Gasteiger partial charge in [-0.15, -0.1) is 0 Å². The topological polar surface area (TPSA) is 69.6 Å². The molecule has 1 saturated heterocycles. The van der Waals surface area contributed by atoms with E-state index in [1.54, 1.807) is 0 Å². The molecule has 2 rings (SSSR count). The van der Waals surface area contributed by atoms with Crippen molar-refractivity contribution >= 4 is 12.0 Å². The first kappa shape index (κ1) is 9.30. The Morgan fingerprint density at radius 3 is 2.57 bits per heavy atom. The highest BCUT2D eigenvalue weighted by Crippen LogP contribution is 2.22. The van der Waals surface area contributed by atoms with Crippen molar-refractivity contribution in [1.29, 1.82) is 0 Å². The molecule has 0 radical (unpaired) electrons. The summed E-state index contributed by atoms with van der Waals surface area (Å²) < 4.78 is 0. The lowest BCUT2D eigenvalue weighted by Gasteiger charge is -2.21. The summed E-state index contributed by atoms with van der Waals surface area (Å²) in [6, 6.07) is -0.538. The average molecular weight is 198 g/mol. The number of carboxylic acids is 1. The summed E-state index contributed by atoms with van der Waals surface area (Å²) in [7, 11) is 0. The highest BCUT2D eigenvalue weighted by Gasteiger charge is 2.35. The monoisotopic (exact) mass is 198 g/mol. The Balaban J connectivity index is 1.93. The van der Waals surface area contributed by atoms with Crippen molar-refractivity contribution in [3.8, 4) is 0 Å². The minimum atomic E-state index is -0.895. The molecule has 0 spiro atoms. The second-order valence-corrected chi connectivity index (χ2v) is 3.91. The van der Waals surface area contributed by atoms with Crippen molar-refractivity contribution in [3.05, 3.63) is 0 Å². The van der Waals surface area contributed by atoms with Gasteiger partial charge in [-0.1, -0.05) is 0 Å². The minimum absolute atomic E-state index is 0.211. The number of likely N-dealkylation sites (tertiary alicyclic amines) is 1. The number of carbonyl (C=O) groups excluding carboxylic acids is 1. The molecule has 2 fully saturated rings. The number of hydrogen-bond acceptors (Lipinski definition) is 2. The molecule has 1 saturated carbocycles. The van der Waals surface area contributed by atoms with E-state index in [1.165, 1.54) is 4.90 Å². The van der Waals surface area contributed by atoms with Crippen LogP contribution in [0.25, 0.3) is 0 Å². The second-order valence-electron chi connectivity index (χ2n) is 3.91. The maximum absolute atomic E-state index is 11.6. The molecule has 0 unspecified atom stereocenters. The van der Waals surface area contributed by atoms with Gasteiger partial charge >= 0.3 is 12.0 Å². The van der Waals surface area contributed by atoms with E-state index < -0.39 is 12.0 Å². The Bertz CT molecular complexity index is 263. The van der Waals surface area contributed by atoms with Crippen LogP contribution in [0.15, 0.2) is 0 Å². The Hall–Kier alpha value is -1.26. The number of nitrogens with one attached hydrogen (secondary N) is 1. The molecule has 2 N–H and O–H groups in total. The average Bonchev–Trinajstić information content (AvgIpc) is 2.81. The number of carboxylic acid groups (broad SMARTS) is 1. The van der Waals surface area contributed by atoms with Crippen LogP contribution in [0.3, 0.4) is 0 Å². The van der Waals surface area contributed by atoms with Crippen molar-refractivity contribution in [2.24, 2.45) is 0 Å². The van der Waals surface area contributed by atoms with Crippen molar-refractivity contribution in [3.63, 3.8) is 0 Å². The maximum Gasteiger partial charge on any atom is 0.326 e. The van der Waals surface area contributed by atoms with Gasteiger partial charge in [-0.05, 0) is 25.7 Å². The van der Waals surface area contributed by atoms with Gasteiger partial charge in [0.05, 0.1) is 0 Å². The Kier molecular flexibility index (Phi) is 2.31. The summed E-state index contributed by atoms with van der Waals surface area (Å²) in [5, 5.41) is 11.7. The van der Waals surface area contributed by atoms with Crippen LogP contribution in [-0.4, -0.2) is 40.6 Å². The van der Waals surface area contributed by atoms with Gasteiger partial charge in [-0.3, -0.25) is 0 Å². The maximum atomic E-state index is 11.6. The summed E-state index contributed by atoms with van der Waals surface area (Å²) in [5.74, 6) is -0.895. The standard InChI is InChI=1S/C9H14N2O3/c12-8(13)7-2-1-5-11(7)9(14)10-6-3-4-6/h6-7H,1-5H2,(H,10,14)(H,12,13)/t7-/m0/s1. The molecule has 1 atom stereocenters.